The van der Waals surface area contributed by atoms with Crippen LogP contribution in [-0.4, -0.2) is 35.7 Å². The summed E-state index contributed by atoms with van der Waals surface area (Å²) in [6.45, 7) is 0.118. The summed E-state index contributed by atoms with van der Waals surface area (Å²) in [5.74, 6) is 1.35. The number of aromatic nitrogens is 2. The lowest BCUT2D eigenvalue weighted by Gasteiger charge is -2.27. The summed E-state index contributed by atoms with van der Waals surface area (Å²) in [5.41, 5.74) is 0. The first-order valence-electron chi connectivity index (χ1n) is 6.85. The Morgan fingerprint density at radius 1 is 1.48 bits per heavy atom. The van der Waals surface area contributed by atoms with Crippen LogP contribution < -0.4 is 0 Å². The van der Waals surface area contributed by atoms with E-state index in [0.29, 0.717) is 17.6 Å². The van der Waals surface area contributed by atoms with E-state index in [9.17, 15) is 8.42 Å². The summed E-state index contributed by atoms with van der Waals surface area (Å²) in [5, 5.41) is 5.82. The summed E-state index contributed by atoms with van der Waals surface area (Å²) >= 11 is 1.52. The molecule has 1 fully saturated rings. The van der Waals surface area contributed by atoms with E-state index in [1.165, 1.54) is 15.6 Å². The second kappa shape index (κ2) is 5.86. The summed E-state index contributed by atoms with van der Waals surface area (Å²) < 4.78 is 30.9. The van der Waals surface area contributed by atoms with Gasteiger partial charge in [0, 0.05) is 7.05 Å². The largest absolute Gasteiger partial charge is 0.337 e. The lowest BCUT2D eigenvalue weighted by atomic mass is 9.87. The minimum atomic E-state index is -3.25. The normalized spacial score (nSPS) is 16.3. The van der Waals surface area contributed by atoms with Crippen LogP contribution >= 0.6 is 11.3 Å². The van der Waals surface area contributed by atoms with Gasteiger partial charge in [-0.3, -0.25) is 0 Å². The highest BCUT2D eigenvalue weighted by molar-refractivity contribution is 7.89. The third kappa shape index (κ3) is 3.33. The van der Waals surface area contributed by atoms with Crippen molar-refractivity contribution in [1.82, 2.24) is 14.4 Å². The van der Waals surface area contributed by atoms with E-state index < -0.39 is 10.0 Å². The van der Waals surface area contributed by atoms with Crippen LogP contribution in [0.5, 0.6) is 0 Å². The SMILES string of the molecule is CN(Cc1nc(-c2cccs2)no1)S(=O)(=O)CC1CCC1. The van der Waals surface area contributed by atoms with Gasteiger partial charge in [-0.2, -0.15) is 9.29 Å². The maximum atomic E-state index is 12.2. The predicted octanol–water partition coefficient (Wildman–Crippen LogP) is 2.36. The van der Waals surface area contributed by atoms with Crippen LogP contribution in [0.15, 0.2) is 22.0 Å². The van der Waals surface area contributed by atoms with Gasteiger partial charge in [0.2, 0.25) is 21.7 Å². The number of nitrogens with zero attached hydrogens (tertiary/aromatic N) is 3. The van der Waals surface area contributed by atoms with Crippen molar-refractivity contribution >= 4 is 21.4 Å². The van der Waals surface area contributed by atoms with E-state index in [4.69, 9.17) is 4.52 Å². The van der Waals surface area contributed by atoms with Crippen LogP contribution in [0.1, 0.15) is 25.2 Å². The molecule has 0 atom stereocenters. The van der Waals surface area contributed by atoms with Gasteiger partial charge in [0.05, 0.1) is 17.2 Å². The van der Waals surface area contributed by atoms with Gasteiger partial charge in [0.25, 0.3) is 0 Å². The number of sulfonamides is 1. The van der Waals surface area contributed by atoms with Crippen molar-refractivity contribution < 1.29 is 12.9 Å². The Bertz CT molecular complexity index is 690. The van der Waals surface area contributed by atoms with Crippen LogP contribution in [0.3, 0.4) is 0 Å². The number of hydrogen-bond acceptors (Lipinski definition) is 6. The molecule has 0 bridgehead atoms. The molecule has 0 unspecified atom stereocenters. The Labute approximate surface area is 127 Å². The first-order valence-corrected chi connectivity index (χ1v) is 9.34. The number of rotatable bonds is 6. The molecule has 0 saturated heterocycles. The zero-order valence-electron chi connectivity index (χ0n) is 11.7. The van der Waals surface area contributed by atoms with Gasteiger partial charge in [0.15, 0.2) is 0 Å². The third-order valence-corrected chi connectivity index (χ3v) is 6.55. The fraction of sp³-hybridized carbons (Fsp3) is 0.538. The Kier molecular flexibility index (Phi) is 4.10. The maximum absolute atomic E-state index is 12.2. The summed E-state index contributed by atoms with van der Waals surface area (Å²) in [6, 6.07) is 3.81. The van der Waals surface area contributed by atoms with Gasteiger partial charge >= 0.3 is 0 Å². The van der Waals surface area contributed by atoms with Crippen molar-refractivity contribution in [2.75, 3.05) is 12.8 Å². The van der Waals surface area contributed by atoms with Gasteiger partial charge in [-0.05, 0) is 30.2 Å². The molecule has 0 aliphatic heterocycles. The van der Waals surface area contributed by atoms with Gasteiger partial charge in [0.1, 0.15) is 0 Å². The van der Waals surface area contributed by atoms with E-state index in [2.05, 4.69) is 10.1 Å². The zero-order valence-corrected chi connectivity index (χ0v) is 13.4. The molecule has 3 rings (SSSR count). The van der Waals surface area contributed by atoms with Gasteiger partial charge in [-0.15, -0.1) is 11.3 Å². The summed E-state index contributed by atoms with van der Waals surface area (Å²) in [7, 11) is -1.70. The highest BCUT2D eigenvalue weighted by Gasteiger charge is 2.28. The molecule has 2 aromatic heterocycles. The molecule has 0 spiro atoms. The second-order valence-corrected chi connectivity index (χ2v) is 8.39. The molecule has 114 valence electrons. The number of hydrogen-bond donors (Lipinski definition) is 0. The van der Waals surface area contributed by atoms with Crippen molar-refractivity contribution in [3.63, 3.8) is 0 Å². The highest BCUT2D eigenvalue weighted by Crippen LogP contribution is 2.28. The fourth-order valence-electron chi connectivity index (χ4n) is 2.20. The van der Waals surface area contributed by atoms with E-state index in [1.54, 1.807) is 7.05 Å². The molecular formula is C13H17N3O3S2. The van der Waals surface area contributed by atoms with Crippen molar-refractivity contribution in [3.05, 3.63) is 23.4 Å². The molecule has 1 aliphatic carbocycles. The average Bonchev–Trinajstić information content (AvgIpc) is 3.03. The fourth-order valence-corrected chi connectivity index (χ4v) is 4.34. The topological polar surface area (TPSA) is 76.3 Å². The van der Waals surface area contributed by atoms with E-state index in [1.807, 2.05) is 17.5 Å². The number of thiophene rings is 1. The molecule has 6 nitrogen and oxygen atoms in total. The highest BCUT2D eigenvalue weighted by atomic mass is 32.2. The maximum Gasteiger partial charge on any atom is 0.242 e. The van der Waals surface area contributed by atoms with Crippen LogP contribution in [0.4, 0.5) is 0 Å². The zero-order chi connectivity index (χ0) is 14.9. The summed E-state index contributed by atoms with van der Waals surface area (Å²) in [4.78, 5) is 5.15. The Morgan fingerprint density at radius 2 is 2.29 bits per heavy atom. The molecule has 0 radical (unpaired) electrons. The molecule has 0 aromatic carbocycles. The smallest absolute Gasteiger partial charge is 0.242 e. The van der Waals surface area contributed by atoms with E-state index >= 15 is 0 Å². The minimum absolute atomic E-state index is 0.118. The molecule has 2 aromatic rings. The predicted molar refractivity (Wildman–Crippen MR) is 80.2 cm³/mol. The first-order chi connectivity index (χ1) is 10.0. The quantitative estimate of drug-likeness (QED) is 0.814. The van der Waals surface area contributed by atoms with Gasteiger partial charge < -0.3 is 4.52 Å². The van der Waals surface area contributed by atoms with Gasteiger partial charge in [-0.1, -0.05) is 17.6 Å². The van der Waals surface area contributed by atoms with Crippen molar-refractivity contribution in [2.45, 2.75) is 25.8 Å². The average molecular weight is 327 g/mol. The monoisotopic (exact) mass is 327 g/mol. The van der Waals surface area contributed by atoms with Crippen molar-refractivity contribution in [2.24, 2.45) is 5.92 Å². The lowest BCUT2D eigenvalue weighted by molar-refractivity contribution is 0.322. The van der Waals surface area contributed by atoms with Crippen LogP contribution in [0, 0.1) is 5.92 Å². The van der Waals surface area contributed by atoms with Crippen molar-refractivity contribution in [3.8, 4) is 10.7 Å². The van der Waals surface area contributed by atoms with Crippen LogP contribution in [-0.2, 0) is 16.6 Å². The van der Waals surface area contributed by atoms with Gasteiger partial charge in [-0.25, -0.2) is 8.42 Å². The molecule has 21 heavy (non-hydrogen) atoms. The Morgan fingerprint density at radius 3 is 2.90 bits per heavy atom. The third-order valence-electron chi connectivity index (χ3n) is 3.71. The summed E-state index contributed by atoms with van der Waals surface area (Å²) in [6.07, 6.45) is 3.16. The molecule has 2 heterocycles. The Balaban J connectivity index is 1.65. The molecular weight excluding hydrogens is 310 g/mol. The van der Waals surface area contributed by atoms with Crippen LogP contribution in [0.2, 0.25) is 0 Å². The van der Waals surface area contributed by atoms with E-state index in [-0.39, 0.29) is 12.3 Å². The van der Waals surface area contributed by atoms with E-state index in [0.717, 1.165) is 24.1 Å². The first kappa shape index (κ1) is 14.7. The standard InChI is InChI=1S/C13H17N3O3S2/c1-16(21(17,18)9-10-4-2-5-10)8-12-14-13(15-19-12)11-6-3-7-20-11/h3,6-7,10H,2,4-5,8-9H2,1H3. The Hall–Kier alpha value is -1.25. The molecule has 0 amide bonds. The second-order valence-electron chi connectivity index (χ2n) is 5.32. The lowest BCUT2D eigenvalue weighted by Crippen LogP contribution is -2.33. The minimum Gasteiger partial charge on any atom is -0.337 e. The molecule has 1 saturated carbocycles. The molecule has 1 aliphatic rings. The van der Waals surface area contributed by atoms with Crippen molar-refractivity contribution in [1.29, 1.82) is 0 Å². The van der Waals surface area contributed by atoms with Crippen LogP contribution in [0.25, 0.3) is 10.7 Å². The molecule has 8 heteroatoms. The molecule has 0 N–H and O–H groups in total.